The number of pyridine rings is 5. The summed E-state index contributed by atoms with van der Waals surface area (Å²) >= 11 is 0. The van der Waals surface area contributed by atoms with Gasteiger partial charge in [-0.05, 0) is 66.2 Å². The van der Waals surface area contributed by atoms with Crippen LogP contribution >= 0.6 is 0 Å². The fourth-order valence-corrected chi connectivity index (χ4v) is 10.5. The maximum absolute atomic E-state index is 10.7. The highest BCUT2D eigenvalue weighted by molar-refractivity contribution is 6.15. The molecular weight excluding hydrogens is 813 g/mol. The number of aromatic nitrogens is 9. The molecule has 0 unspecified atom stereocenters. The zero-order valence-corrected chi connectivity index (χ0v) is 34.9. The van der Waals surface area contributed by atoms with Crippen LogP contribution in [0.2, 0.25) is 0 Å². The summed E-state index contributed by atoms with van der Waals surface area (Å²) in [4.78, 5) is 24.8. The average Bonchev–Trinajstić information content (AvgIpc) is 4.11. The molecule has 0 spiro atoms. The first-order valence-electron chi connectivity index (χ1n) is 21.7. The van der Waals surface area contributed by atoms with Gasteiger partial charge in [0.1, 0.15) is 11.4 Å². The molecule has 14 aromatic rings. The highest BCUT2D eigenvalue weighted by atomic mass is 15.2. The molecule has 0 N–H and O–H groups in total. The van der Waals surface area contributed by atoms with Gasteiger partial charge >= 0.3 is 0 Å². The third-order valence-corrected chi connectivity index (χ3v) is 13.2. The molecule has 0 aliphatic carbocycles. The minimum Gasteiger partial charge on any atom is -0.305 e. The van der Waals surface area contributed by atoms with Gasteiger partial charge in [-0.3, -0.25) is 29.1 Å². The van der Waals surface area contributed by atoms with Crippen LogP contribution in [0.25, 0.3) is 121 Å². The van der Waals surface area contributed by atoms with Gasteiger partial charge in [-0.2, -0.15) is 5.26 Å². The quantitative estimate of drug-likeness (QED) is 0.171. The summed E-state index contributed by atoms with van der Waals surface area (Å²) in [5.74, 6) is 1.37. The molecule has 0 atom stereocenters. The molecule has 306 valence electrons. The second-order valence-corrected chi connectivity index (χ2v) is 16.5. The lowest BCUT2D eigenvalue weighted by molar-refractivity contribution is 0.960. The predicted molar refractivity (Wildman–Crippen MR) is 263 cm³/mol. The third kappa shape index (κ3) is 4.90. The summed E-state index contributed by atoms with van der Waals surface area (Å²) in [5.41, 5.74) is 11.6. The summed E-state index contributed by atoms with van der Waals surface area (Å²) in [6, 6.07) is 52.7. The molecular formula is C56H32N10. The predicted octanol–water partition coefficient (Wildman–Crippen LogP) is 12.6. The average molecular weight is 845 g/mol. The van der Waals surface area contributed by atoms with Crippen LogP contribution in [0, 0.1) is 11.3 Å². The number of rotatable bonds is 5. The van der Waals surface area contributed by atoms with Gasteiger partial charge in [0.25, 0.3) is 0 Å². The lowest BCUT2D eigenvalue weighted by Gasteiger charge is -2.26. The summed E-state index contributed by atoms with van der Waals surface area (Å²) in [7, 11) is 0. The Balaban J connectivity index is 1.34. The highest BCUT2D eigenvalue weighted by Gasteiger charge is 2.32. The second-order valence-electron chi connectivity index (χ2n) is 16.5. The summed E-state index contributed by atoms with van der Waals surface area (Å²) in [6.45, 7) is 0. The normalized spacial score (nSPS) is 11.9. The van der Waals surface area contributed by atoms with Crippen LogP contribution in [0.5, 0.6) is 0 Å². The Labute approximate surface area is 375 Å². The van der Waals surface area contributed by atoms with Crippen molar-refractivity contribution in [2.24, 2.45) is 0 Å². The van der Waals surface area contributed by atoms with Gasteiger partial charge in [0.15, 0.2) is 11.6 Å². The van der Waals surface area contributed by atoms with Crippen LogP contribution in [0.4, 0.5) is 0 Å². The fraction of sp³-hybridized carbons (Fsp3) is 0. The number of para-hydroxylation sites is 4. The molecule has 0 aliphatic heterocycles. The van der Waals surface area contributed by atoms with E-state index in [1.165, 1.54) is 0 Å². The van der Waals surface area contributed by atoms with Crippen molar-refractivity contribution in [2.45, 2.75) is 0 Å². The van der Waals surface area contributed by atoms with Gasteiger partial charge < -0.3 is 9.13 Å². The SMILES string of the molecule is N#Cc1cccc(-c2c(-n3c4ccccc4c4cnccc43)c(-n3c4ccccc4c4cnccc43)nc(-n3c4ccccc4c4cnccc43)c2-n2c3ccccc3c3cnccc32)c1. The van der Waals surface area contributed by atoms with E-state index in [-0.39, 0.29) is 0 Å². The third-order valence-electron chi connectivity index (χ3n) is 13.2. The van der Waals surface area contributed by atoms with Gasteiger partial charge in [0.2, 0.25) is 0 Å². The monoisotopic (exact) mass is 844 g/mol. The summed E-state index contributed by atoms with van der Waals surface area (Å²) in [5, 5.41) is 18.9. The zero-order valence-electron chi connectivity index (χ0n) is 34.9. The van der Waals surface area contributed by atoms with Crippen molar-refractivity contribution in [3.8, 4) is 40.2 Å². The number of benzene rings is 5. The zero-order chi connectivity index (χ0) is 43.5. The van der Waals surface area contributed by atoms with Gasteiger partial charge in [-0.15, -0.1) is 0 Å². The van der Waals surface area contributed by atoms with Crippen LogP contribution in [0.3, 0.4) is 0 Å². The van der Waals surface area contributed by atoms with Gasteiger partial charge in [-0.25, -0.2) is 4.98 Å². The number of hydrogen-bond donors (Lipinski definition) is 0. The lowest BCUT2D eigenvalue weighted by Crippen LogP contribution is -2.16. The molecule has 0 fully saturated rings. The van der Waals surface area contributed by atoms with Crippen molar-refractivity contribution in [1.82, 2.24) is 43.2 Å². The largest absolute Gasteiger partial charge is 0.305 e. The van der Waals surface area contributed by atoms with Crippen molar-refractivity contribution in [1.29, 1.82) is 5.26 Å². The van der Waals surface area contributed by atoms with Crippen LogP contribution in [0.15, 0.2) is 195 Å². The molecule has 14 rings (SSSR count). The molecule has 0 aliphatic rings. The molecule has 0 bridgehead atoms. The van der Waals surface area contributed by atoms with E-state index < -0.39 is 0 Å². The van der Waals surface area contributed by atoms with Gasteiger partial charge in [0.05, 0.1) is 55.8 Å². The van der Waals surface area contributed by atoms with E-state index in [2.05, 4.69) is 172 Å². The van der Waals surface area contributed by atoms with Crippen LogP contribution < -0.4 is 0 Å². The number of nitriles is 1. The highest BCUT2D eigenvalue weighted by Crippen LogP contribution is 2.48. The first kappa shape index (κ1) is 36.1. The molecule has 0 saturated heterocycles. The Morgan fingerprint density at radius 2 is 0.697 bits per heavy atom. The lowest BCUT2D eigenvalue weighted by atomic mass is 9.98. The molecule has 0 saturated carbocycles. The van der Waals surface area contributed by atoms with Crippen molar-refractivity contribution in [3.63, 3.8) is 0 Å². The minimum atomic E-state index is 0.535. The molecule has 0 amide bonds. The first-order valence-corrected chi connectivity index (χ1v) is 21.7. The van der Waals surface area contributed by atoms with Crippen molar-refractivity contribution >= 4 is 87.2 Å². The Kier molecular flexibility index (Phi) is 7.52. The van der Waals surface area contributed by atoms with Gasteiger partial charge in [0, 0.05) is 98.2 Å². The van der Waals surface area contributed by atoms with Crippen molar-refractivity contribution < 1.29 is 0 Å². The number of fused-ring (bicyclic) bond motifs is 12. The second kappa shape index (κ2) is 13.8. The fourth-order valence-electron chi connectivity index (χ4n) is 10.5. The minimum absolute atomic E-state index is 0.535. The van der Waals surface area contributed by atoms with E-state index in [0.29, 0.717) is 17.2 Å². The maximum Gasteiger partial charge on any atom is 0.165 e. The number of hydrogen-bond acceptors (Lipinski definition) is 6. The Bertz CT molecular complexity index is 3930. The molecule has 9 heterocycles. The maximum atomic E-state index is 10.7. The molecule has 0 radical (unpaired) electrons. The van der Waals surface area contributed by atoms with E-state index in [0.717, 1.165) is 110 Å². The van der Waals surface area contributed by atoms with Crippen LogP contribution in [-0.2, 0) is 0 Å². The first-order chi connectivity index (χ1) is 32.8. The Morgan fingerprint density at radius 1 is 0.348 bits per heavy atom. The van der Waals surface area contributed by atoms with Crippen LogP contribution in [-0.4, -0.2) is 43.2 Å². The van der Waals surface area contributed by atoms with E-state index in [4.69, 9.17) is 4.98 Å². The summed E-state index contributed by atoms with van der Waals surface area (Å²) in [6.07, 6.45) is 15.2. The topological polar surface area (TPSA) is 108 Å². The standard InChI is InChI=1S/C56H32N10/c57-29-34-10-9-11-35(28-34)52-53(63-44-16-5-1-12-36(44)40-30-58-24-20-48(40)63)55(65-46-18-7-3-14-38(46)42-32-60-26-22-50(42)65)62-56(66-47-19-8-4-15-39(47)43-33-61-27-23-51(43)66)54(52)64-45-17-6-2-13-37(45)41-31-59-25-21-49(41)64/h1-28,30-33H. The molecule has 66 heavy (non-hydrogen) atoms. The van der Waals surface area contributed by atoms with E-state index in [1.54, 1.807) is 0 Å². The smallest absolute Gasteiger partial charge is 0.165 e. The van der Waals surface area contributed by atoms with Gasteiger partial charge in [-0.1, -0.05) is 84.9 Å². The van der Waals surface area contributed by atoms with Crippen LogP contribution in [0.1, 0.15) is 5.56 Å². The molecule has 10 heteroatoms. The Hall–Kier alpha value is -9.46. The van der Waals surface area contributed by atoms with Crippen molar-refractivity contribution in [3.05, 3.63) is 201 Å². The van der Waals surface area contributed by atoms with E-state index in [9.17, 15) is 5.26 Å². The summed E-state index contributed by atoms with van der Waals surface area (Å²) < 4.78 is 9.28. The Morgan fingerprint density at radius 3 is 1.09 bits per heavy atom. The van der Waals surface area contributed by atoms with Crippen molar-refractivity contribution in [2.75, 3.05) is 0 Å². The van der Waals surface area contributed by atoms with E-state index in [1.807, 2.05) is 67.8 Å². The van der Waals surface area contributed by atoms with E-state index >= 15 is 0 Å². The number of nitrogens with zero attached hydrogens (tertiary/aromatic N) is 10. The molecule has 9 aromatic heterocycles. The molecule has 5 aromatic carbocycles. The molecule has 10 nitrogen and oxygen atoms in total.